The first-order chi connectivity index (χ1) is 6.70. The maximum atomic E-state index is 11.5. The van der Waals surface area contributed by atoms with Crippen molar-refractivity contribution in [2.45, 2.75) is 45.3 Å². The Balaban J connectivity index is 2.48. The van der Waals surface area contributed by atoms with Crippen LogP contribution in [0.15, 0.2) is 0 Å². The summed E-state index contributed by atoms with van der Waals surface area (Å²) in [5.74, 6) is -0.0476. The molecule has 1 heterocycles. The molecule has 0 saturated carbocycles. The van der Waals surface area contributed by atoms with Crippen LogP contribution in [0.4, 0.5) is 4.79 Å². The highest BCUT2D eigenvalue weighted by atomic mass is 16.6. The van der Waals surface area contributed by atoms with Crippen molar-refractivity contribution in [2.24, 2.45) is 0 Å². The Morgan fingerprint density at radius 1 is 1.53 bits per heavy atom. The van der Waals surface area contributed by atoms with E-state index in [-0.39, 0.29) is 5.91 Å². The highest BCUT2D eigenvalue weighted by molar-refractivity contribution is 5.81. The predicted molar refractivity (Wildman–Crippen MR) is 55.4 cm³/mol. The SMILES string of the molecule is CC(C)(C)OC(=O)N[C@]1(C)CNC(=O)C1. The van der Waals surface area contributed by atoms with Gasteiger partial charge in [-0.05, 0) is 27.7 Å². The fourth-order valence-electron chi connectivity index (χ4n) is 1.41. The fraction of sp³-hybridized carbons (Fsp3) is 0.800. The van der Waals surface area contributed by atoms with Crippen molar-refractivity contribution < 1.29 is 14.3 Å². The zero-order valence-corrected chi connectivity index (χ0v) is 9.64. The van der Waals surface area contributed by atoms with Crippen molar-refractivity contribution in [3.8, 4) is 0 Å². The topological polar surface area (TPSA) is 67.4 Å². The van der Waals surface area contributed by atoms with Gasteiger partial charge in [-0.2, -0.15) is 0 Å². The second-order valence-electron chi connectivity index (χ2n) is 5.14. The zero-order chi connectivity index (χ0) is 11.7. The van der Waals surface area contributed by atoms with Crippen LogP contribution in [0, 0.1) is 0 Å². The summed E-state index contributed by atoms with van der Waals surface area (Å²) in [6.45, 7) is 7.66. The molecule has 5 nitrogen and oxygen atoms in total. The maximum Gasteiger partial charge on any atom is 0.408 e. The van der Waals surface area contributed by atoms with Crippen LogP contribution < -0.4 is 10.6 Å². The summed E-state index contributed by atoms with van der Waals surface area (Å²) < 4.78 is 5.11. The molecule has 2 N–H and O–H groups in total. The standard InChI is InChI=1S/C10H18N2O3/c1-9(2,3)15-8(14)12-10(4)5-7(13)11-6-10/h5-6H2,1-4H3,(H,11,13)(H,12,14)/t10-/m0/s1. The van der Waals surface area contributed by atoms with Gasteiger partial charge in [0.2, 0.25) is 5.91 Å². The molecule has 0 aromatic rings. The van der Waals surface area contributed by atoms with Gasteiger partial charge in [0.1, 0.15) is 5.60 Å². The molecule has 1 aliphatic rings. The minimum absolute atomic E-state index is 0.0476. The molecule has 2 amide bonds. The maximum absolute atomic E-state index is 11.5. The van der Waals surface area contributed by atoms with Crippen molar-refractivity contribution >= 4 is 12.0 Å². The van der Waals surface area contributed by atoms with Crippen molar-refractivity contribution in [3.63, 3.8) is 0 Å². The number of carbonyl (C=O) groups is 2. The fourth-order valence-corrected chi connectivity index (χ4v) is 1.41. The Bertz CT molecular complexity index is 283. The summed E-state index contributed by atoms with van der Waals surface area (Å²) in [4.78, 5) is 22.5. The van der Waals surface area contributed by atoms with Gasteiger partial charge in [-0.1, -0.05) is 0 Å². The number of hydrogen-bond acceptors (Lipinski definition) is 3. The minimum atomic E-state index is -0.528. The largest absolute Gasteiger partial charge is 0.444 e. The molecule has 0 spiro atoms. The zero-order valence-electron chi connectivity index (χ0n) is 9.64. The van der Waals surface area contributed by atoms with E-state index in [2.05, 4.69) is 10.6 Å². The van der Waals surface area contributed by atoms with Gasteiger partial charge in [0.05, 0.1) is 12.0 Å². The summed E-state index contributed by atoms with van der Waals surface area (Å²) >= 11 is 0. The van der Waals surface area contributed by atoms with Gasteiger partial charge in [0.25, 0.3) is 0 Å². The van der Waals surface area contributed by atoms with E-state index in [9.17, 15) is 9.59 Å². The molecule has 86 valence electrons. The first-order valence-corrected chi connectivity index (χ1v) is 4.98. The lowest BCUT2D eigenvalue weighted by atomic mass is 10.0. The number of carbonyl (C=O) groups excluding carboxylic acids is 2. The van der Waals surface area contributed by atoms with Crippen LogP contribution in [-0.2, 0) is 9.53 Å². The van der Waals surface area contributed by atoms with Gasteiger partial charge in [0.15, 0.2) is 0 Å². The van der Waals surface area contributed by atoms with Crippen molar-refractivity contribution in [1.29, 1.82) is 0 Å². The second kappa shape index (κ2) is 3.72. The van der Waals surface area contributed by atoms with Crippen molar-refractivity contribution in [2.75, 3.05) is 6.54 Å². The first kappa shape index (κ1) is 11.8. The van der Waals surface area contributed by atoms with E-state index in [1.165, 1.54) is 0 Å². The molecule has 1 rings (SSSR count). The van der Waals surface area contributed by atoms with Crippen LogP contribution in [0.2, 0.25) is 0 Å². The third-order valence-corrected chi connectivity index (χ3v) is 2.03. The molecule has 0 aromatic heterocycles. The third kappa shape index (κ3) is 3.77. The molecule has 1 aliphatic heterocycles. The van der Waals surface area contributed by atoms with Crippen molar-refractivity contribution in [3.05, 3.63) is 0 Å². The van der Waals surface area contributed by atoms with Crippen LogP contribution in [-0.4, -0.2) is 29.7 Å². The first-order valence-electron chi connectivity index (χ1n) is 4.98. The van der Waals surface area contributed by atoms with E-state index in [0.717, 1.165) is 0 Å². The normalized spacial score (nSPS) is 26.0. The lowest BCUT2D eigenvalue weighted by molar-refractivity contribution is -0.119. The Kier molecular flexibility index (Phi) is 2.93. The van der Waals surface area contributed by atoms with Crippen LogP contribution in [0.5, 0.6) is 0 Å². The highest BCUT2D eigenvalue weighted by Crippen LogP contribution is 2.15. The number of hydrogen-bond donors (Lipinski definition) is 2. The molecule has 0 bridgehead atoms. The number of rotatable bonds is 1. The Hall–Kier alpha value is -1.26. The van der Waals surface area contributed by atoms with Crippen LogP contribution >= 0.6 is 0 Å². The van der Waals surface area contributed by atoms with Gasteiger partial charge in [-0.3, -0.25) is 4.79 Å². The molecule has 0 aliphatic carbocycles. The molecule has 0 aromatic carbocycles. The van der Waals surface area contributed by atoms with Gasteiger partial charge in [-0.15, -0.1) is 0 Å². The quantitative estimate of drug-likeness (QED) is 0.678. The Labute approximate surface area is 89.6 Å². The van der Waals surface area contributed by atoms with Gasteiger partial charge < -0.3 is 15.4 Å². The number of alkyl carbamates (subject to hydrolysis) is 1. The smallest absolute Gasteiger partial charge is 0.408 e. The summed E-state index contributed by atoms with van der Waals surface area (Å²) in [5, 5.41) is 5.37. The van der Waals surface area contributed by atoms with Gasteiger partial charge in [-0.25, -0.2) is 4.79 Å². The second-order valence-corrected chi connectivity index (χ2v) is 5.14. The van der Waals surface area contributed by atoms with Gasteiger partial charge >= 0.3 is 6.09 Å². The molecule has 15 heavy (non-hydrogen) atoms. The predicted octanol–water partition coefficient (Wildman–Crippen LogP) is 0.790. The summed E-state index contributed by atoms with van der Waals surface area (Å²) in [5.41, 5.74) is -1.05. The van der Waals surface area contributed by atoms with Crippen LogP contribution in [0.3, 0.4) is 0 Å². The lowest BCUT2D eigenvalue weighted by Gasteiger charge is -2.26. The monoisotopic (exact) mass is 214 g/mol. The lowest BCUT2D eigenvalue weighted by Crippen LogP contribution is -2.49. The molecular weight excluding hydrogens is 196 g/mol. The van der Waals surface area contributed by atoms with E-state index in [0.29, 0.717) is 13.0 Å². The molecule has 0 unspecified atom stereocenters. The molecule has 5 heteroatoms. The average Bonchev–Trinajstić information content (AvgIpc) is 2.25. The van der Waals surface area contributed by atoms with Crippen molar-refractivity contribution in [1.82, 2.24) is 10.6 Å². The van der Waals surface area contributed by atoms with E-state index in [4.69, 9.17) is 4.74 Å². The molecular formula is C10H18N2O3. The van der Waals surface area contributed by atoms with E-state index in [1.807, 2.05) is 6.92 Å². The number of amides is 2. The Morgan fingerprint density at radius 3 is 2.53 bits per heavy atom. The molecule has 1 fully saturated rings. The summed E-state index contributed by atoms with van der Waals surface area (Å²) in [7, 11) is 0. The van der Waals surface area contributed by atoms with Gasteiger partial charge in [0, 0.05) is 6.54 Å². The van der Waals surface area contributed by atoms with E-state index < -0.39 is 17.2 Å². The average molecular weight is 214 g/mol. The third-order valence-electron chi connectivity index (χ3n) is 2.03. The highest BCUT2D eigenvalue weighted by Gasteiger charge is 2.36. The molecule has 0 radical (unpaired) electrons. The van der Waals surface area contributed by atoms with Crippen LogP contribution in [0.25, 0.3) is 0 Å². The molecule has 1 atom stereocenters. The van der Waals surface area contributed by atoms with E-state index in [1.54, 1.807) is 20.8 Å². The minimum Gasteiger partial charge on any atom is -0.444 e. The number of nitrogens with one attached hydrogen (secondary N) is 2. The molecule has 1 saturated heterocycles. The van der Waals surface area contributed by atoms with E-state index >= 15 is 0 Å². The number of ether oxygens (including phenoxy) is 1. The summed E-state index contributed by atoms with van der Waals surface area (Å²) in [6.07, 6.45) is -0.187. The Morgan fingerprint density at radius 2 is 2.13 bits per heavy atom. The van der Waals surface area contributed by atoms with Crippen LogP contribution in [0.1, 0.15) is 34.1 Å². The summed E-state index contributed by atoms with van der Waals surface area (Å²) in [6, 6.07) is 0.